The third-order valence-corrected chi connectivity index (χ3v) is 5.79. The summed E-state index contributed by atoms with van der Waals surface area (Å²) in [6, 6.07) is 3.37. The molecule has 3 unspecified atom stereocenters. The molecule has 0 aromatic carbocycles. The molecule has 1 fully saturated rings. The first-order chi connectivity index (χ1) is 15.2. The zero-order valence-corrected chi connectivity index (χ0v) is 19.1. The standard InChI is InChI=1S/C23H30N2O7/c1-6-8-17-11-24-21-18(9-7-10-25(21)22(17)28)31-23-20(30-16(5)27)14(3)13(2)19(32-23)12-29-15(4)26/h7,9-11,13-14,19-20,23H,6,8,12H2,1-5H3/t13?,14-,19?,20?,23+/m0/s1. The van der Waals surface area contributed by atoms with Gasteiger partial charge in [-0.05, 0) is 24.5 Å². The fourth-order valence-corrected chi connectivity index (χ4v) is 3.88. The summed E-state index contributed by atoms with van der Waals surface area (Å²) in [5.41, 5.74) is 0.807. The molecule has 5 atom stereocenters. The van der Waals surface area contributed by atoms with Crippen LogP contribution in [0.15, 0.2) is 29.3 Å². The second kappa shape index (κ2) is 10.1. The maximum absolute atomic E-state index is 12.8. The predicted molar refractivity (Wildman–Crippen MR) is 115 cm³/mol. The van der Waals surface area contributed by atoms with Crippen LogP contribution >= 0.6 is 0 Å². The average Bonchev–Trinajstić information content (AvgIpc) is 2.74. The van der Waals surface area contributed by atoms with Crippen molar-refractivity contribution in [1.29, 1.82) is 0 Å². The van der Waals surface area contributed by atoms with Crippen molar-refractivity contribution in [2.45, 2.75) is 66.0 Å². The normalized spacial score (nSPS) is 25.3. The highest BCUT2D eigenvalue weighted by atomic mass is 16.7. The molecule has 174 valence electrons. The van der Waals surface area contributed by atoms with E-state index in [1.165, 1.54) is 18.2 Å². The van der Waals surface area contributed by atoms with E-state index in [9.17, 15) is 14.4 Å². The largest absolute Gasteiger partial charge is 0.463 e. The maximum atomic E-state index is 12.8. The molecule has 3 heterocycles. The molecule has 0 radical (unpaired) electrons. The number of carbonyl (C=O) groups is 2. The van der Waals surface area contributed by atoms with E-state index < -0.39 is 30.4 Å². The van der Waals surface area contributed by atoms with Gasteiger partial charge in [0.1, 0.15) is 6.61 Å². The molecule has 1 saturated heterocycles. The second-order valence-corrected chi connectivity index (χ2v) is 8.16. The van der Waals surface area contributed by atoms with E-state index >= 15 is 0 Å². The lowest BCUT2D eigenvalue weighted by molar-refractivity contribution is -0.253. The lowest BCUT2D eigenvalue weighted by Gasteiger charge is -2.43. The van der Waals surface area contributed by atoms with Crippen LogP contribution in [0.2, 0.25) is 0 Å². The van der Waals surface area contributed by atoms with Gasteiger partial charge in [-0.1, -0.05) is 27.2 Å². The summed E-state index contributed by atoms with van der Waals surface area (Å²) in [5.74, 6) is -0.749. The summed E-state index contributed by atoms with van der Waals surface area (Å²) in [5, 5.41) is 0. The number of hydrogen-bond donors (Lipinski definition) is 0. The first-order valence-corrected chi connectivity index (χ1v) is 10.8. The average molecular weight is 447 g/mol. The fourth-order valence-electron chi connectivity index (χ4n) is 3.88. The van der Waals surface area contributed by atoms with E-state index in [0.29, 0.717) is 23.4 Å². The maximum Gasteiger partial charge on any atom is 0.303 e. The van der Waals surface area contributed by atoms with Crippen LogP contribution in [0.25, 0.3) is 5.65 Å². The first-order valence-electron chi connectivity index (χ1n) is 10.8. The van der Waals surface area contributed by atoms with Crippen LogP contribution in [-0.4, -0.2) is 46.4 Å². The number of nitrogens with zero attached hydrogens (tertiary/aromatic N) is 2. The number of carbonyl (C=O) groups excluding carboxylic acids is 2. The Morgan fingerprint density at radius 2 is 1.94 bits per heavy atom. The number of ether oxygens (including phenoxy) is 4. The predicted octanol–water partition coefficient (Wildman–Crippen LogP) is 2.52. The molecule has 9 nitrogen and oxygen atoms in total. The van der Waals surface area contributed by atoms with Gasteiger partial charge in [-0.2, -0.15) is 0 Å². The van der Waals surface area contributed by atoms with Gasteiger partial charge in [0.15, 0.2) is 17.5 Å². The third kappa shape index (κ3) is 5.09. The van der Waals surface area contributed by atoms with Crippen LogP contribution in [0.5, 0.6) is 5.75 Å². The van der Waals surface area contributed by atoms with Gasteiger partial charge in [0, 0.05) is 37.7 Å². The van der Waals surface area contributed by atoms with E-state index in [0.717, 1.165) is 6.42 Å². The zero-order chi connectivity index (χ0) is 23.4. The molecule has 2 aromatic heterocycles. The van der Waals surface area contributed by atoms with Crippen molar-refractivity contribution in [2.24, 2.45) is 11.8 Å². The number of aromatic nitrogens is 2. The van der Waals surface area contributed by atoms with Gasteiger partial charge in [0.05, 0.1) is 6.10 Å². The molecule has 2 aromatic rings. The summed E-state index contributed by atoms with van der Waals surface area (Å²) in [4.78, 5) is 40.3. The van der Waals surface area contributed by atoms with Crippen LogP contribution in [-0.2, 0) is 30.2 Å². The van der Waals surface area contributed by atoms with Crippen molar-refractivity contribution in [3.05, 3.63) is 40.4 Å². The lowest BCUT2D eigenvalue weighted by Crippen LogP contribution is -2.54. The topological polar surface area (TPSA) is 105 Å². The van der Waals surface area contributed by atoms with E-state index in [1.54, 1.807) is 24.5 Å². The minimum absolute atomic E-state index is 0.0567. The number of fused-ring (bicyclic) bond motifs is 1. The summed E-state index contributed by atoms with van der Waals surface area (Å²) in [6.07, 6.45) is 2.55. The summed E-state index contributed by atoms with van der Waals surface area (Å²) >= 11 is 0. The van der Waals surface area contributed by atoms with E-state index in [2.05, 4.69) is 4.98 Å². The SMILES string of the molecule is CCCc1cnc2c(O[C@@H]3OC(COC(C)=O)C(C)[C@H](C)C3OC(C)=O)cccn2c1=O. The Bertz CT molecular complexity index is 1030. The Morgan fingerprint density at radius 3 is 2.59 bits per heavy atom. The van der Waals surface area contributed by atoms with Gasteiger partial charge in [-0.15, -0.1) is 0 Å². The minimum Gasteiger partial charge on any atom is -0.463 e. The fraction of sp³-hybridized carbons (Fsp3) is 0.565. The molecule has 3 rings (SSSR count). The highest BCUT2D eigenvalue weighted by Gasteiger charge is 2.45. The van der Waals surface area contributed by atoms with Crippen LogP contribution in [0, 0.1) is 11.8 Å². The van der Waals surface area contributed by atoms with Crippen molar-refractivity contribution in [3.63, 3.8) is 0 Å². The van der Waals surface area contributed by atoms with E-state index in [1.807, 2.05) is 20.8 Å². The van der Waals surface area contributed by atoms with Crippen molar-refractivity contribution >= 4 is 17.6 Å². The quantitative estimate of drug-likeness (QED) is 0.598. The summed E-state index contributed by atoms with van der Waals surface area (Å²) < 4.78 is 24.3. The molecule has 32 heavy (non-hydrogen) atoms. The number of esters is 2. The molecular weight excluding hydrogens is 416 g/mol. The zero-order valence-electron chi connectivity index (χ0n) is 19.1. The number of hydrogen-bond acceptors (Lipinski definition) is 8. The lowest BCUT2D eigenvalue weighted by atomic mass is 9.83. The van der Waals surface area contributed by atoms with Gasteiger partial charge in [0.25, 0.3) is 5.56 Å². The molecule has 1 aliphatic heterocycles. The Hall–Kier alpha value is -2.94. The number of pyridine rings is 1. The highest BCUT2D eigenvalue weighted by molar-refractivity contribution is 5.66. The van der Waals surface area contributed by atoms with Crippen molar-refractivity contribution in [1.82, 2.24) is 9.38 Å². The van der Waals surface area contributed by atoms with Gasteiger partial charge >= 0.3 is 11.9 Å². The Kier molecular flexibility index (Phi) is 7.50. The second-order valence-electron chi connectivity index (χ2n) is 8.16. The Morgan fingerprint density at radius 1 is 1.19 bits per heavy atom. The van der Waals surface area contributed by atoms with E-state index in [4.69, 9.17) is 18.9 Å². The Labute approximate surface area is 186 Å². The van der Waals surface area contributed by atoms with Gasteiger partial charge in [-0.3, -0.25) is 18.8 Å². The molecule has 0 amide bonds. The number of aryl methyl sites for hydroxylation is 1. The van der Waals surface area contributed by atoms with Crippen LogP contribution in [0.4, 0.5) is 0 Å². The molecule has 9 heteroatoms. The van der Waals surface area contributed by atoms with Crippen molar-refractivity contribution in [2.75, 3.05) is 6.61 Å². The molecule has 0 aliphatic carbocycles. The number of rotatable bonds is 7. The molecule has 0 spiro atoms. The van der Waals surface area contributed by atoms with Gasteiger partial charge in [0.2, 0.25) is 6.29 Å². The van der Waals surface area contributed by atoms with Crippen LogP contribution in [0.3, 0.4) is 0 Å². The molecule has 1 aliphatic rings. The van der Waals surface area contributed by atoms with Crippen molar-refractivity contribution < 1.29 is 28.5 Å². The van der Waals surface area contributed by atoms with Crippen LogP contribution < -0.4 is 10.3 Å². The Balaban J connectivity index is 1.94. The molecule has 0 saturated carbocycles. The monoisotopic (exact) mass is 446 g/mol. The highest BCUT2D eigenvalue weighted by Crippen LogP contribution is 2.34. The summed E-state index contributed by atoms with van der Waals surface area (Å²) in [6.45, 7) is 8.59. The van der Waals surface area contributed by atoms with Gasteiger partial charge in [-0.25, -0.2) is 4.98 Å². The van der Waals surface area contributed by atoms with Crippen LogP contribution in [0.1, 0.15) is 46.6 Å². The molecule has 0 bridgehead atoms. The first kappa shape index (κ1) is 23.7. The smallest absolute Gasteiger partial charge is 0.303 e. The minimum atomic E-state index is -0.968. The van der Waals surface area contributed by atoms with Crippen molar-refractivity contribution in [3.8, 4) is 5.75 Å². The third-order valence-electron chi connectivity index (χ3n) is 5.79. The molecule has 0 N–H and O–H groups in total. The van der Waals surface area contributed by atoms with Gasteiger partial charge < -0.3 is 18.9 Å². The van der Waals surface area contributed by atoms with E-state index in [-0.39, 0.29) is 24.0 Å². The summed E-state index contributed by atoms with van der Waals surface area (Å²) in [7, 11) is 0. The molecular formula is C23H30N2O7.